The lowest BCUT2D eigenvalue weighted by molar-refractivity contribution is 0.227. The summed E-state index contributed by atoms with van der Waals surface area (Å²) in [6, 6.07) is 11.3. The maximum Gasteiger partial charge on any atom is 0.161 e. The Kier molecular flexibility index (Phi) is 4.68. The predicted molar refractivity (Wildman–Crippen MR) is 110 cm³/mol. The number of aryl methyl sites for hydroxylation is 2. The maximum absolute atomic E-state index is 5.61. The van der Waals surface area contributed by atoms with Crippen LogP contribution >= 0.6 is 0 Å². The average molecular weight is 364 g/mol. The molecule has 2 unspecified atom stereocenters. The van der Waals surface area contributed by atoms with Gasteiger partial charge in [-0.25, -0.2) is 0 Å². The Hall–Kier alpha value is -2.33. The predicted octanol–water partition coefficient (Wildman–Crippen LogP) is 3.96. The van der Waals surface area contributed by atoms with E-state index in [1.165, 1.54) is 27.8 Å². The number of rotatable bonds is 3. The van der Waals surface area contributed by atoms with Gasteiger partial charge >= 0.3 is 0 Å². The molecule has 0 bridgehead atoms. The van der Waals surface area contributed by atoms with Gasteiger partial charge in [-0.1, -0.05) is 17.2 Å². The summed E-state index contributed by atoms with van der Waals surface area (Å²) < 4.78 is 11.2. The van der Waals surface area contributed by atoms with Crippen LogP contribution in [0.3, 0.4) is 0 Å². The Labute approximate surface area is 161 Å². The number of hydrogen-bond donors (Lipinski definition) is 0. The molecule has 2 heterocycles. The van der Waals surface area contributed by atoms with Gasteiger partial charge in [0.2, 0.25) is 0 Å². The zero-order valence-corrected chi connectivity index (χ0v) is 16.9. The number of ether oxygens (including phenoxy) is 2. The van der Waals surface area contributed by atoms with E-state index in [1.807, 2.05) is 0 Å². The standard InChI is InChI=1S/C23H28N2O2/c1-14-8-15(2)10-16(9-14)23-18-12-22(27-5)21(26-4)11-17(18)19-13-25(3)7-6-20(19)24-23/h8-12,19-20H,6-7,13H2,1-5H3. The average Bonchev–Trinajstić information content (AvgIpc) is 2.65. The number of aliphatic imine (C=N–C) groups is 1. The highest BCUT2D eigenvalue weighted by atomic mass is 16.5. The number of likely N-dealkylation sites (N-methyl/N-ethyl adjacent to an activating group) is 1. The van der Waals surface area contributed by atoms with Crippen LogP contribution in [-0.4, -0.2) is 51.0 Å². The van der Waals surface area contributed by atoms with Crippen molar-refractivity contribution >= 4 is 5.71 Å². The van der Waals surface area contributed by atoms with Crippen LogP contribution < -0.4 is 9.47 Å². The van der Waals surface area contributed by atoms with Crippen molar-refractivity contribution in [2.75, 3.05) is 34.4 Å². The number of nitrogens with zero attached hydrogens (tertiary/aromatic N) is 2. The molecular weight excluding hydrogens is 336 g/mol. The van der Waals surface area contributed by atoms with Crippen LogP contribution in [-0.2, 0) is 0 Å². The van der Waals surface area contributed by atoms with Crippen LogP contribution in [0, 0.1) is 13.8 Å². The van der Waals surface area contributed by atoms with E-state index in [0.717, 1.165) is 36.7 Å². The first kappa shape index (κ1) is 18.1. The van der Waals surface area contributed by atoms with Gasteiger partial charge in [0.25, 0.3) is 0 Å². The van der Waals surface area contributed by atoms with E-state index in [-0.39, 0.29) is 0 Å². The summed E-state index contributed by atoms with van der Waals surface area (Å²) in [5, 5.41) is 0. The van der Waals surface area contributed by atoms with Gasteiger partial charge in [-0.05, 0) is 63.7 Å². The van der Waals surface area contributed by atoms with Crippen LogP contribution in [0.15, 0.2) is 35.3 Å². The van der Waals surface area contributed by atoms with Gasteiger partial charge in [-0.3, -0.25) is 4.99 Å². The summed E-state index contributed by atoms with van der Waals surface area (Å²) in [6.07, 6.45) is 1.09. The minimum absolute atomic E-state index is 0.322. The van der Waals surface area contributed by atoms with Crippen LogP contribution in [0.1, 0.15) is 40.2 Å². The van der Waals surface area contributed by atoms with E-state index < -0.39 is 0 Å². The molecule has 142 valence electrons. The Bertz CT molecular complexity index is 883. The van der Waals surface area contributed by atoms with Crippen molar-refractivity contribution in [1.82, 2.24) is 4.90 Å². The lowest BCUT2D eigenvalue weighted by Gasteiger charge is -2.39. The molecule has 1 fully saturated rings. The fourth-order valence-corrected chi connectivity index (χ4v) is 4.55. The normalized spacial score (nSPS) is 21.9. The quantitative estimate of drug-likeness (QED) is 0.827. The lowest BCUT2D eigenvalue weighted by Crippen LogP contribution is -2.41. The monoisotopic (exact) mass is 364 g/mol. The van der Waals surface area contributed by atoms with Crippen molar-refractivity contribution in [3.8, 4) is 11.5 Å². The highest BCUT2D eigenvalue weighted by molar-refractivity contribution is 6.15. The van der Waals surface area contributed by atoms with E-state index in [4.69, 9.17) is 14.5 Å². The minimum Gasteiger partial charge on any atom is -0.493 e. The van der Waals surface area contributed by atoms with Gasteiger partial charge in [-0.15, -0.1) is 0 Å². The third-order valence-corrected chi connectivity index (χ3v) is 5.78. The molecule has 1 saturated heterocycles. The highest BCUT2D eigenvalue weighted by Gasteiger charge is 2.36. The second kappa shape index (κ2) is 7.01. The van der Waals surface area contributed by atoms with Crippen LogP contribution in [0.5, 0.6) is 11.5 Å². The fraction of sp³-hybridized carbons (Fsp3) is 0.435. The smallest absolute Gasteiger partial charge is 0.161 e. The summed E-state index contributed by atoms with van der Waals surface area (Å²) in [5.74, 6) is 1.95. The highest BCUT2D eigenvalue weighted by Crippen LogP contribution is 2.42. The van der Waals surface area contributed by atoms with E-state index in [9.17, 15) is 0 Å². The number of fused-ring (bicyclic) bond motifs is 3. The molecule has 2 aromatic rings. The van der Waals surface area contributed by atoms with Crippen LogP contribution in [0.25, 0.3) is 0 Å². The first-order valence-electron chi connectivity index (χ1n) is 9.61. The van der Waals surface area contributed by atoms with E-state index in [0.29, 0.717) is 12.0 Å². The van der Waals surface area contributed by atoms with Gasteiger partial charge in [0.05, 0.1) is 26.0 Å². The summed E-state index contributed by atoms with van der Waals surface area (Å²) in [6.45, 7) is 6.41. The molecule has 27 heavy (non-hydrogen) atoms. The molecule has 0 radical (unpaired) electrons. The number of hydrogen-bond acceptors (Lipinski definition) is 4. The van der Waals surface area contributed by atoms with Crippen molar-refractivity contribution in [2.45, 2.75) is 32.2 Å². The maximum atomic E-state index is 5.61. The zero-order chi connectivity index (χ0) is 19.1. The molecule has 2 aromatic carbocycles. The van der Waals surface area contributed by atoms with E-state index in [2.05, 4.69) is 56.1 Å². The second-order valence-corrected chi connectivity index (χ2v) is 7.87. The van der Waals surface area contributed by atoms with Crippen molar-refractivity contribution in [3.63, 3.8) is 0 Å². The summed E-state index contributed by atoms with van der Waals surface area (Å²) in [4.78, 5) is 7.66. The summed E-state index contributed by atoms with van der Waals surface area (Å²) in [5.41, 5.74) is 7.31. The topological polar surface area (TPSA) is 34.1 Å². The fourth-order valence-electron chi connectivity index (χ4n) is 4.55. The molecule has 2 atom stereocenters. The SMILES string of the molecule is COc1cc2c(cc1OC)C1CN(C)CCC1N=C2c1cc(C)cc(C)c1. The Morgan fingerprint density at radius 3 is 2.30 bits per heavy atom. The van der Waals surface area contributed by atoms with Gasteiger partial charge in [-0.2, -0.15) is 0 Å². The zero-order valence-electron chi connectivity index (χ0n) is 16.9. The molecule has 2 aliphatic heterocycles. The van der Waals surface area contributed by atoms with E-state index in [1.54, 1.807) is 14.2 Å². The summed E-state index contributed by atoms with van der Waals surface area (Å²) >= 11 is 0. The molecule has 4 heteroatoms. The summed E-state index contributed by atoms with van der Waals surface area (Å²) in [7, 11) is 5.59. The Morgan fingerprint density at radius 2 is 1.63 bits per heavy atom. The van der Waals surface area contributed by atoms with Crippen molar-refractivity contribution in [3.05, 3.63) is 58.1 Å². The van der Waals surface area contributed by atoms with Gasteiger partial charge in [0.1, 0.15) is 0 Å². The lowest BCUT2D eigenvalue weighted by atomic mass is 9.78. The number of benzene rings is 2. The van der Waals surface area contributed by atoms with Crippen LogP contribution in [0.2, 0.25) is 0 Å². The first-order valence-corrected chi connectivity index (χ1v) is 9.61. The van der Waals surface area contributed by atoms with Gasteiger partial charge in [0, 0.05) is 23.6 Å². The Balaban J connectivity index is 1.92. The molecule has 2 aliphatic rings. The van der Waals surface area contributed by atoms with Gasteiger partial charge < -0.3 is 14.4 Å². The molecule has 4 rings (SSSR count). The Morgan fingerprint density at radius 1 is 0.963 bits per heavy atom. The molecule has 0 aromatic heterocycles. The molecule has 0 spiro atoms. The molecule has 0 saturated carbocycles. The second-order valence-electron chi connectivity index (χ2n) is 7.87. The van der Waals surface area contributed by atoms with Crippen molar-refractivity contribution in [2.24, 2.45) is 4.99 Å². The van der Waals surface area contributed by atoms with Crippen LogP contribution in [0.4, 0.5) is 0 Å². The third kappa shape index (κ3) is 3.23. The minimum atomic E-state index is 0.322. The molecule has 4 nitrogen and oxygen atoms in total. The van der Waals surface area contributed by atoms with E-state index >= 15 is 0 Å². The molecule has 0 N–H and O–H groups in total. The van der Waals surface area contributed by atoms with Crippen molar-refractivity contribution in [1.29, 1.82) is 0 Å². The number of piperidine rings is 1. The molecule has 0 amide bonds. The number of methoxy groups -OCH3 is 2. The molecular formula is C23H28N2O2. The molecule has 0 aliphatic carbocycles. The van der Waals surface area contributed by atoms with Gasteiger partial charge in [0.15, 0.2) is 11.5 Å². The largest absolute Gasteiger partial charge is 0.493 e. The third-order valence-electron chi connectivity index (χ3n) is 5.78. The first-order chi connectivity index (χ1) is 13.0. The number of likely N-dealkylation sites (tertiary alicyclic amines) is 1. The van der Waals surface area contributed by atoms with Crippen molar-refractivity contribution < 1.29 is 9.47 Å².